The van der Waals surface area contributed by atoms with Crippen LogP contribution >= 0.6 is 0 Å². The van der Waals surface area contributed by atoms with Crippen molar-refractivity contribution < 1.29 is 14.3 Å². The molecule has 3 aromatic carbocycles. The van der Waals surface area contributed by atoms with Crippen LogP contribution in [0.1, 0.15) is 68.9 Å². The predicted molar refractivity (Wildman–Crippen MR) is 148 cm³/mol. The Morgan fingerprint density at radius 1 is 1.00 bits per heavy atom. The van der Waals surface area contributed by atoms with Crippen LogP contribution in [0.5, 0.6) is 5.75 Å². The third-order valence-electron chi connectivity index (χ3n) is 7.26. The quantitative estimate of drug-likeness (QED) is 0.404. The predicted octanol–water partition coefficient (Wildman–Crippen LogP) is 7.32. The van der Waals surface area contributed by atoms with E-state index in [0.717, 1.165) is 29.1 Å². The van der Waals surface area contributed by atoms with Gasteiger partial charge in [-0.2, -0.15) is 0 Å². The topological polar surface area (TPSA) is 58.6 Å². The Morgan fingerprint density at radius 3 is 2.43 bits per heavy atom. The molecule has 0 bridgehead atoms. The molecule has 1 aliphatic carbocycles. The summed E-state index contributed by atoms with van der Waals surface area (Å²) in [6.45, 7) is 8.36. The van der Waals surface area contributed by atoms with Crippen LogP contribution in [-0.4, -0.2) is 17.8 Å². The lowest BCUT2D eigenvalue weighted by Gasteiger charge is -2.37. The maximum absolute atomic E-state index is 14.3. The summed E-state index contributed by atoms with van der Waals surface area (Å²) < 4.78 is 6.37. The second-order valence-electron chi connectivity index (χ2n) is 10.8. The number of nitrogens with one attached hydrogen (secondary N) is 1. The van der Waals surface area contributed by atoms with E-state index in [2.05, 4.69) is 26.1 Å². The minimum Gasteiger partial charge on any atom is -0.490 e. The van der Waals surface area contributed by atoms with Gasteiger partial charge in [-0.1, -0.05) is 69.3 Å². The van der Waals surface area contributed by atoms with Crippen molar-refractivity contribution in [2.24, 2.45) is 5.41 Å². The van der Waals surface area contributed by atoms with Gasteiger partial charge in [-0.05, 0) is 55.5 Å². The molecule has 37 heavy (non-hydrogen) atoms. The molecule has 0 saturated heterocycles. The smallest absolute Gasteiger partial charge is 0.259 e. The van der Waals surface area contributed by atoms with Crippen molar-refractivity contribution in [1.82, 2.24) is 0 Å². The lowest BCUT2D eigenvalue weighted by molar-refractivity contribution is -0.118. The van der Waals surface area contributed by atoms with Gasteiger partial charge in [0.15, 0.2) is 5.78 Å². The summed E-state index contributed by atoms with van der Waals surface area (Å²) in [5.74, 6) is 0.585. The summed E-state index contributed by atoms with van der Waals surface area (Å²) in [5, 5.41) is 3.58. The number of carbonyl (C=O) groups excluding carboxylic acids is 2. The number of ether oxygens (including phenoxy) is 1. The Morgan fingerprint density at radius 2 is 1.68 bits per heavy atom. The zero-order chi connectivity index (χ0) is 26.2. The number of hydrogen-bond donors (Lipinski definition) is 1. The van der Waals surface area contributed by atoms with Crippen LogP contribution in [0.3, 0.4) is 0 Å². The van der Waals surface area contributed by atoms with Gasteiger partial charge in [0.2, 0.25) is 0 Å². The molecule has 190 valence electrons. The molecular formula is C32H34N2O3. The van der Waals surface area contributed by atoms with Crippen LogP contribution < -0.4 is 15.0 Å². The zero-order valence-electron chi connectivity index (χ0n) is 22.0. The first-order valence-electron chi connectivity index (χ1n) is 13.1. The Bertz CT molecular complexity index is 1360. The number of fused-ring (bicyclic) bond motifs is 1. The third-order valence-corrected chi connectivity index (χ3v) is 7.26. The molecule has 0 saturated carbocycles. The summed E-state index contributed by atoms with van der Waals surface area (Å²) in [5.41, 5.74) is 4.25. The second kappa shape index (κ2) is 9.89. The van der Waals surface area contributed by atoms with Gasteiger partial charge in [0.25, 0.3) is 5.91 Å². The highest BCUT2D eigenvalue weighted by atomic mass is 16.5. The standard InChI is InChI=1S/C32H34N2O3/c1-5-21(2)37-28-18-12-9-15-23(28)30-29-25(19-32(3,4)20-27(29)35)33-24-16-10-11-17-26(24)34(30)31(36)22-13-7-6-8-14-22/h6-18,21,30,33H,5,19-20H2,1-4H3/t21-,30-/m0/s1. The average molecular weight is 495 g/mol. The maximum Gasteiger partial charge on any atom is 0.259 e. The van der Waals surface area contributed by atoms with Crippen LogP contribution in [0.15, 0.2) is 90.1 Å². The van der Waals surface area contributed by atoms with Gasteiger partial charge >= 0.3 is 0 Å². The number of amides is 1. The lowest BCUT2D eigenvalue weighted by atomic mass is 9.73. The fraction of sp³-hybridized carbons (Fsp3) is 0.312. The molecule has 5 heteroatoms. The lowest BCUT2D eigenvalue weighted by Crippen LogP contribution is -2.39. The van der Waals surface area contributed by atoms with Gasteiger partial charge in [-0.15, -0.1) is 0 Å². The zero-order valence-corrected chi connectivity index (χ0v) is 22.0. The van der Waals surface area contributed by atoms with Crippen molar-refractivity contribution in [3.05, 3.63) is 101 Å². The van der Waals surface area contributed by atoms with E-state index in [1.165, 1.54) is 0 Å². The van der Waals surface area contributed by atoms with Crippen molar-refractivity contribution in [2.75, 3.05) is 10.2 Å². The number of carbonyl (C=O) groups is 2. The molecule has 3 aromatic rings. The molecule has 2 atom stereocenters. The molecule has 1 aliphatic heterocycles. The van der Waals surface area contributed by atoms with E-state index >= 15 is 0 Å². The number of ketones is 1. The van der Waals surface area contributed by atoms with Crippen molar-refractivity contribution >= 4 is 23.1 Å². The highest BCUT2D eigenvalue weighted by molar-refractivity contribution is 6.12. The van der Waals surface area contributed by atoms with Gasteiger partial charge in [0.05, 0.1) is 23.5 Å². The fourth-order valence-electron chi connectivity index (χ4n) is 5.34. The summed E-state index contributed by atoms with van der Waals surface area (Å²) in [6.07, 6.45) is 1.96. The number of anilines is 2. The number of hydrogen-bond acceptors (Lipinski definition) is 4. The van der Waals surface area contributed by atoms with Crippen LogP contribution in [0.4, 0.5) is 11.4 Å². The van der Waals surface area contributed by atoms with Gasteiger partial charge in [-0.3, -0.25) is 14.5 Å². The van der Waals surface area contributed by atoms with E-state index in [4.69, 9.17) is 4.74 Å². The molecule has 5 nitrogen and oxygen atoms in total. The van der Waals surface area contributed by atoms with E-state index in [0.29, 0.717) is 29.7 Å². The van der Waals surface area contributed by atoms with Crippen LogP contribution in [0.2, 0.25) is 0 Å². The molecule has 0 fully saturated rings. The Hall–Kier alpha value is -3.86. The van der Waals surface area contributed by atoms with Crippen molar-refractivity contribution in [1.29, 1.82) is 0 Å². The number of Topliss-reactive ketones (excluding diaryl/α,β-unsaturated/α-hetero) is 1. The highest BCUT2D eigenvalue weighted by Crippen LogP contribution is 2.50. The number of allylic oxidation sites excluding steroid dienone is 1. The minimum absolute atomic E-state index is 0.00921. The van der Waals surface area contributed by atoms with Crippen molar-refractivity contribution in [3.8, 4) is 5.75 Å². The Labute approximate surface area is 219 Å². The molecule has 0 radical (unpaired) electrons. The van der Waals surface area contributed by atoms with E-state index in [-0.39, 0.29) is 23.2 Å². The molecular weight excluding hydrogens is 460 g/mol. The first-order valence-corrected chi connectivity index (χ1v) is 13.1. The summed E-state index contributed by atoms with van der Waals surface area (Å²) in [4.78, 5) is 30.1. The monoisotopic (exact) mass is 494 g/mol. The first-order chi connectivity index (χ1) is 17.8. The maximum atomic E-state index is 14.3. The SMILES string of the molecule is CC[C@H](C)Oc1ccccc1[C@H]1C2=C(CC(C)(C)CC2=O)Nc2ccccc2N1C(=O)c1ccccc1. The van der Waals surface area contributed by atoms with Gasteiger partial charge in [0, 0.05) is 28.8 Å². The number of rotatable bonds is 5. The van der Waals surface area contributed by atoms with Gasteiger partial charge in [0.1, 0.15) is 5.75 Å². The number of benzene rings is 3. The van der Waals surface area contributed by atoms with Gasteiger partial charge < -0.3 is 10.1 Å². The van der Waals surface area contributed by atoms with E-state index in [9.17, 15) is 9.59 Å². The van der Waals surface area contributed by atoms with E-state index in [1.807, 2.05) is 85.8 Å². The number of para-hydroxylation sites is 3. The Balaban J connectivity index is 1.80. The number of nitrogens with zero attached hydrogens (tertiary/aromatic N) is 1. The second-order valence-corrected chi connectivity index (χ2v) is 10.8. The summed E-state index contributed by atoms with van der Waals surface area (Å²) in [7, 11) is 0. The molecule has 1 amide bonds. The fourth-order valence-corrected chi connectivity index (χ4v) is 5.34. The van der Waals surface area contributed by atoms with Crippen molar-refractivity contribution in [3.63, 3.8) is 0 Å². The normalized spacial score (nSPS) is 19.3. The first kappa shape index (κ1) is 24.8. The molecule has 0 aromatic heterocycles. The largest absolute Gasteiger partial charge is 0.490 e. The highest BCUT2D eigenvalue weighted by Gasteiger charge is 2.44. The molecule has 0 unspecified atom stereocenters. The van der Waals surface area contributed by atoms with E-state index < -0.39 is 6.04 Å². The average Bonchev–Trinajstić information content (AvgIpc) is 3.02. The molecule has 1 heterocycles. The molecule has 1 N–H and O–H groups in total. The summed E-state index contributed by atoms with van der Waals surface area (Å²) in [6, 6.07) is 24.3. The van der Waals surface area contributed by atoms with E-state index in [1.54, 1.807) is 4.90 Å². The van der Waals surface area contributed by atoms with Crippen LogP contribution in [0, 0.1) is 5.41 Å². The Kier molecular flexibility index (Phi) is 6.63. The minimum atomic E-state index is -0.636. The summed E-state index contributed by atoms with van der Waals surface area (Å²) >= 11 is 0. The van der Waals surface area contributed by atoms with Crippen LogP contribution in [0.25, 0.3) is 0 Å². The van der Waals surface area contributed by atoms with Gasteiger partial charge in [-0.25, -0.2) is 0 Å². The third kappa shape index (κ3) is 4.78. The van der Waals surface area contributed by atoms with Crippen LogP contribution in [-0.2, 0) is 4.79 Å². The molecule has 5 rings (SSSR count). The molecule has 2 aliphatic rings. The molecule has 0 spiro atoms. The van der Waals surface area contributed by atoms with Crippen molar-refractivity contribution in [2.45, 2.75) is 59.1 Å².